The van der Waals surface area contributed by atoms with Crippen LogP contribution in [0.1, 0.15) is 38.5 Å². The monoisotopic (exact) mass is 365 g/mol. The first-order valence-electron chi connectivity index (χ1n) is 8.79. The van der Waals surface area contributed by atoms with E-state index in [1.807, 2.05) is 36.7 Å². The van der Waals surface area contributed by atoms with Gasteiger partial charge in [0.2, 0.25) is 0 Å². The molecule has 0 aliphatic heterocycles. The van der Waals surface area contributed by atoms with Crippen LogP contribution in [0.25, 0.3) is 11.0 Å². The van der Waals surface area contributed by atoms with Gasteiger partial charge in [-0.15, -0.1) is 0 Å². The number of imidazole rings is 1. The van der Waals surface area contributed by atoms with Gasteiger partial charge in [-0.2, -0.15) is 0 Å². The Morgan fingerprint density at radius 2 is 1.85 bits per heavy atom. The lowest BCUT2D eigenvalue weighted by molar-refractivity contribution is 0.0825. The number of phenolic OH excluding ortho intramolecular Hbond substituents is 1. The lowest BCUT2D eigenvalue weighted by Crippen LogP contribution is -2.23. The van der Waals surface area contributed by atoms with Crippen LogP contribution in [-0.2, 0) is 13.5 Å². The number of aromatic nitrogens is 2. The number of phenols is 1. The van der Waals surface area contributed by atoms with Crippen LogP contribution >= 0.6 is 0 Å². The highest BCUT2D eigenvalue weighted by Crippen LogP contribution is 2.33. The Bertz CT molecular complexity index is 1020. The van der Waals surface area contributed by atoms with E-state index in [0.717, 1.165) is 5.82 Å². The molecule has 6 nitrogen and oxygen atoms in total. The molecule has 0 unspecified atom stereocenters. The molecular formula is C21H23N3O3. The Hall–Kier alpha value is -3.15. The number of rotatable bonds is 5. The zero-order chi connectivity index (χ0) is 19.7. The van der Waals surface area contributed by atoms with Crippen molar-refractivity contribution in [1.29, 1.82) is 0 Å². The van der Waals surface area contributed by atoms with Crippen LogP contribution in [0.3, 0.4) is 0 Å². The number of amides is 1. The maximum atomic E-state index is 12.7. The Kier molecular flexibility index (Phi) is 4.99. The maximum absolute atomic E-state index is 12.7. The molecule has 0 aliphatic carbocycles. The molecule has 0 saturated heterocycles. The number of hydrogen-bond donors (Lipinski definition) is 1. The van der Waals surface area contributed by atoms with Crippen molar-refractivity contribution < 1.29 is 14.7 Å². The van der Waals surface area contributed by atoms with Gasteiger partial charge in [-0.1, -0.05) is 30.3 Å². The fraction of sp³-hybridized carbons (Fsp3) is 0.286. The van der Waals surface area contributed by atoms with Crippen LogP contribution in [0.4, 0.5) is 0 Å². The number of nitrogens with zero attached hydrogens (tertiary/aromatic N) is 3. The highest BCUT2D eigenvalue weighted by molar-refractivity contribution is 6.02. The summed E-state index contributed by atoms with van der Waals surface area (Å²) in [7, 11) is 5.17. The molecule has 0 radical (unpaired) electrons. The van der Waals surface area contributed by atoms with Gasteiger partial charge in [0, 0.05) is 44.3 Å². The van der Waals surface area contributed by atoms with Crippen LogP contribution in [0.2, 0.25) is 0 Å². The summed E-state index contributed by atoms with van der Waals surface area (Å²) in [5, 5.41) is 10.8. The fourth-order valence-corrected chi connectivity index (χ4v) is 3.15. The van der Waals surface area contributed by atoms with E-state index in [1.165, 1.54) is 4.90 Å². The molecule has 27 heavy (non-hydrogen) atoms. The third-order valence-corrected chi connectivity index (χ3v) is 4.81. The van der Waals surface area contributed by atoms with Crippen molar-refractivity contribution in [2.24, 2.45) is 7.05 Å². The van der Waals surface area contributed by atoms with E-state index in [4.69, 9.17) is 0 Å². The van der Waals surface area contributed by atoms with Crippen LogP contribution in [0, 0.1) is 6.92 Å². The van der Waals surface area contributed by atoms with Gasteiger partial charge in [0.15, 0.2) is 5.78 Å². The third-order valence-electron chi connectivity index (χ3n) is 4.81. The predicted octanol–water partition coefficient (Wildman–Crippen LogP) is 3.10. The minimum absolute atomic E-state index is 0.0257. The quantitative estimate of drug-likeness (QED) is 0.705. The van der Waals surface area contributed by atoms with Crippen molar-refractivity contribution in [2.45, 2.75) is 19.8 Å². The number of ketones is 1. The van der Waals surface area contributed by atoms with E-state index >= 15 is 0 Å². The van der Waals surface area contributed by atoms with Gasteiger partial charge in [-0.3, -0.25) is 9.59 Å². The van der Waals surface area contributed by atoms with Gasteiger partial charge in [-0.25, -0.2) is 4.98 Å². The molecule has 2 aromatic carbocycles. The Balaban J connectivity index is 2.04. The Labute approximate surface area is 158 Å². The molecule has 0 spiro atoms. The summed E-state index contributed by atoms with van der Waals surface area (Å²) >= 11 is 0. The molecule has 3 rings (SSSR count). The highest BCUT2D eigenvalue weighted by Gasteiger charge is 2.23. The first kappa shape index (κ1) is 18.6. The number of aryl methyl sites for hydroxylation is 2. The lowest BCUT2D eigenvalue weighted by Gasteiger charge is -2.16. The summed E-state index contributed by atoms with van der Waals surface area (Å²) in [4.78, 5) is 31.0. The minimum Gasteiger partial charge on any atom is -0.505 e. The molecule has 0 saturated carbocycles. The second kappa shape index (κ2) is 7.23. The molecular weight excluding hydrogens is 342 g/mol. The fourth-order valence-electron chi connectivity index (χ4n) is 3.15. The normalized spacial score (nSPS) is 11.0. The molecule has 0 aliphatic rings. The van der Waals surface area contributed by atoms with Crippen molar-refractivity contribution in [3.8, 4) is 5.75 Å². The molecule has 0 atom stereocenters. The molecule has 0 fully saturated rings. The maximum Gasteiger partial charge on any atom is 0.253 e. The molecule has 1 heterocycles. The van der Waals surface area contributed by atoms with E-state index in [0.29, 0.717) is 27.7 Å². The van der Waals surface area contributed by atoms with Gasteiger partial charge < -0.3 is 14.6 Å². The SMILES string of the molecule is Cc1nc2c(O)c(CCC(=O)c3ccccc3)c(C(=O)N(C)C)cc2n1C. The Morgan fingerprint density at radius 3 is 2.48 bits per heavy atom. The van der Waals surface area contributed by atoms with Gasteiger partial charge in [-0.05, 0) is 19.4 Å². The summed E-state index contributed by atoms with van der Waals surface area (Å²) in [5.74, 6) is 0.465. The van der Waals surface area contributed by atoms with Crippen LogP contribution in [0.15, 0.2) is 36.4 Å². The average Bonchev–Trinajstić information content (AvgIpc) is 2.95. The first-order valence-corrected chi connectivity index (χ1v) is 8.79. The van der Waals surface area contributed by atoms with Crippen molar-refractivity contribution in [3.63, 3.8) is 0 Å². The van der Waals surface area contributed by atoms with Crippen LogP contribution < -0.4 is 0 Å². The number of benzene rings is 2. The number of fused-ring (bicyclic) bond motifs is 1. The van der Waals surface area contributed by atoms with Crippen LogP contribution in [0.5, 0.6) is 5.75 Å². The third kappa shape index (κ3) is 3.43. The Morgan fingerprint density at radius 1 is 1.19 bits per heavy atom. The topological polar surface area (TPSA) is 75.4 Å². The minimum atomic E-state index is -0.215. The van der Waals surface area contributed by atoms with Gasteiger partial charge in [0.05, 0.1) is 5.52 Å². The molecule has 0 bridgehead atoms. The van der Waals surface area contributed by atoms with Gasteiger partial charge in [0.25, 0.3) is 5.91 Å². The van der Waals surface area contributed by atoms with Gasteiger partial charge >= 0.3 is 0 Å². The summed E-state index contributed by atoms with van der Waals surface area (Å²) in [6.45, 7) is 1.84. The summed E-state index contributed by atoms with van der Waals surface area (Å²) in [6.07, 6.45) is 0.461. The molecule has 1 aromatic heterocycles. The molecule has 1 amide bonds. The zero-order valence-electron chi connectivity index (χ0n) is 16.0. The van der Waals surface area contributed by atoms with E-state index in [-0.39, 0.29) is 30.3 Å². The van der Waals surface area contributed by atoms with E-state index in [1.54, 1.807) is 32.3 Å². The standard InChI is InChI=1S/C21H23N3O3/c1-13-22-19-17(24(13)4)12-16(21(27)23(2)3)15(20(19)26)10-11-18(25)14-8-6-5-7-9-14/h5-9,12,26H,10-11H2,1-4H3. The molecule has 140 valence electrons. The lowest BCUT2D eigenvalue weighted by atomic mass is 9.96. The molecule has 6 heteroatoms. The summed E-state index contributed by atoms with van der Waals surface area (Å²) in [6, 6.07) is 10.8. The van der Waals surface area contributed by atoms with Crippen molar-refractivity contribution >= 4 is 22.7 Å². The first-order chi connectivity index (χ1) is 12.8. The number of carbonyl (C=O) groups excluding carboxylic acids is 2. The van der Waals surface area contributed by atoms with E-state index in [9.17, 15) is 14.7 Å². The second-order valence-corrected chi connectivity index (χ2v) is 6.83. The predicted molar refractivity (Wildman–Crippen MR) is 104 cm³/mol. The summed E-state index contributed by atoms with van der Waals surface area (Å²) in [5.41, 5.74) is 2.62. The van der Waals surface area contributed by atoms with Crippen molar-refractivity contribution in [1.82, 2.24) is 14.5 Å². The molecule has 3 aromatic rings. The van der Waals surface area contributed by atoms with E-state index in [2.05, 4.69) is 4.98 Å². The summed E-state index contributed by atoms with van der Waals surface area (Å²) < 4.78 is 1.83. The molecule has 1 N–H and O–H groups in total. The number of aromatic hydroxyl groups is 1. The van der Waals surface area contributed by atoms with Crippen LogP contribution in [-0.4, -0.2) is 45.3 Å². The number of Topliss-reactive ketones (excluding diaryl/α,β-unsaturated/α-hetero) is 1. The second-order valence-electron chi connectivity index (χ2n) is 6.83. The average molecular weight is 365 g/mol. The van der Waals surface area contributed by atoms with Gasteiger partial charge in [0.1, 0.15) is 17.1 Å². The van der Waals surface area contributed by atoms with E-state index < -0.39 is 0 Å². The zero-order valence-corrected chi connectivity index (χ0v) is 16.0. The smallest absolute Gasteiger partial charge is 0.253 e. The number of carbonyl (C=O) groups is 2. The van der Waals surface area contributed by atoms with Crippen molar-refractivity contribution in [3.05, 3.63) is 58.9 Å². The number of hydrogen-bond acceptors (Lipinski definition) is 4. The highest BCUT2D eigenvalue weighted by atomic mass is 16.3. The van der Waals surface area contributed by atoms with Crippen molar-refractivity contribution in [2.75, 3.05) is 14.1 Å². The largest absolute Gasteiger partial charge is 0.505 e.